The Morgan fingerprint density at radius 1 is 0.415 bits per heavy atom. The van der Waals surface area contributed by atoms with Gasteiger partial charge in [-0.05, 0) is 69.3 Å². The van der Waals surface area contributed by atoms with Gasteiger partial charge in [0.1, 0.15) is 5.01 Å². The first-order valence-electron chi connectivity index (χ1n) is 17.7. The fraction of sp³-hybridized carbons (Fsp3) is 0. The topological polar surface area (TPSA) is 16.1 Å². The highest BCUT2D eigenvalue weighted by atomic mass is 32.1. The Labute approximate surface area is 319 Å². The van der Waals surface area contributed by atoms with Gasteiger partial charge in [-0.25, -0.2) is 4.98 Å². The van der Waals surface area contributed by atoms with Crippen LogP contribution in [0.3, 0.4) is 0 Å². The van der Waals surface area contributed by atoms with Gasteiger partial charge < -0.3 is 4.90 Å². The summed E-state index contributed by atoms with van der Waals surface area (Å²) in [5.74, 6) is 0. The second-order valence-corrected chi connectivity index (χ2v) is 14.4. The van der Waals surface area contributed by atoms with Crippen LogP contribution in [0.15, 0.2) is 205 Å². The van der Waals surface area contributed by atoms with Gasteiger partial charge >= 0.3 is 0 Å². The van der Waals surface area contributed by atoms with Crippen molar-refractivity contribution in [3.63, 3.8) is 0 Å². The molecule has 0 aliphatic heterocycles. The monoisotopic (exact) mass is 714 g/mol. The number of rotatable bonds is 8. The predicted molar refractivity (Wildman–Crippen MR) is 229 cm³/mol. The van der Waals surface area contributed by atoms with Crippen molar-refractivity contribution in [1.29, 1.82) is 0 Å². The summed E-state index contributed by atoms with van der Waals surface area (Å²) in [6.45, 7) is 0. The van der Waals surface area contributed by atoms with Crippen LogP contribution in [-0.2, 0) is 0 Å². The molecule has 0 aliphatic carbocycles. The van der Waals surface area contributed by atoms with Crippen LogP contribution in [0.25, 0.3) is 65.3 Å². The summed E-state index contributed by atoms with van der Waals surface area (Å²) in [5.41, 5.74) is 14.4. The highest BCUT2D eigenvalue weighted by Crippen LogP contribution is 2.51. The molecule has 53 heavy (non-hydrogen) atoms. The van der Waals surface area contributed by atoms with E-state index in [-0.39, 0.29) is 0 Å². The summed E-state index contributed by atoms with van der Waals surface area (Å²) >= 11 is 6.92. The van der Waals surface area contributed by atoms with Gasteiger partial charge in [0, 0.05) is 27.4 Å². The summed E-state index contributed by atoms with van der Waals surface area (Å²) in [5, 5.41) is 0.977. The summed E-state index contributed by atoms with van der Waals surface area (Å²) in [6.07, 6.45) is 0. The molecule has 0 spiro atoms. The maximum absolute atomic E-state index is 5.21. The number of thiazole rings is 1. The molecule has 1 aromatic heterocycles. The maximum atomic E-state index is 5.21. The van der Waals surface area contributed by atoms with Crippen LogP contribution in [0, 0.1) is 0 Å². The Bertz CT molecular complexity index is 2650. The van der Waals surface area contributed by atoms with Gasteiger partial charge in [0.25, 0.3) is 0 Å². The third kappa shape index (κ3) is 6.44. The lowest BCUT2D eigenvalue weighted by atomic mass is 9.94. The average Bonchev–Trinajstić information content (AvgIpc) is 3.66. The van der Waals surface area contributed by atoms with Gasteiger partial charge in [0.15, 0.2) is 0 Å². The molecule has 0 amide bonds. The van der Waals surface area contributed by atoms with Crippen LogP contribution in [0.2, 0.25) is 0 Å². The zero-order valence-electron chi connectivity index (χ0n) is 28.8. The van der Waals surface area contributed by atoms with Crippen molar-refractivity contribution < 1.29 is 0 Å². The van der Waals surface area contributed by atoms with E-state index >= 15 is 0 Å². The SMILES string of the molecule is Sc1cc2nc(-c3ccccc3)sc2c(N(c2ccc(-c3ccccc3-c3ccccc3)cc2)c2cccc(-c3ccccc3)c2)c1-c1ccccc1. The second kappa shape index (κ2) is 14.4. The fourth-order valence-electron chi connectivity index (χ4n) is 7.10. The molecular weight excluding hydrogens is 681 g/mol. The molecule has 9 aromatic rings. The Morgan fingerprint density at radius 2 is 0.925 bits per heavy atom. The maximum Gasteiger partial charge on any atom is 0.124 e. The number of hydrogen-bond acceptors (Lipinski definition) is 4. The summed E-state index contributed by atoms with van der Waals surface area (Å²) in [4.78, 5) is 8.48. The van der Waals surface area contributed by atoms with Crippen LogP contribution in [-0.4, -0.2) is 4.98 Å². The molecule has 0 unspecified atom stereocenters. The number of anilines is 3. The standard InChI is InChI=1S/C49H34N2S2/c52-45-33-44-48(53-49(50-44)38-22-11-4-12-23-38)47(46(45)37-20-9-3-10-21-37)51(41-25-15-24-39(32-41)34-16-5-1-6-17-34)40-30-28-36(29-31-40)43-27-14-13-26-42(43)35-18-7-2-8-19-35/h1-33,52H. The van der Waals surface area contributed by atoms with E-state index in [1.807, 2.05) is 6.07 Å². The molecule has 8 aromatic carbocycles. The molecule has 9 rings (SSSR count). The van der Waals surface area contributed by atoms with Crippen molar-refractivity contribution >= 4 is 51.2 Å². The molecule has 0 N–H and O–H groups in total. The largest absolute Gasteiger partial charge is 0.308 e. The van der Waals surface area contributed by atoms with E-state index < -0.39 is 0 Å². The Balaban J connectivity index is 1.29. The fourth-order valence-corrected chi connectivity index (χ4v) is 8.55. The molecule has 0 atom stereocenters. The lowest BCUT2D eigenvalue weighted by molar-refractivity contribution is 1.28. The number of aromatic nitrogens is 1. The lowest BCUT2D eigenvalue weighted by Crippen LogP contribution is -2.12. The Hall–Kier alpha value is -6.20. The summed E-state index contributed by atoms with van der Waals surface area (Å²) in [6, 6.07) is 70.8. The van der Waals surface area contributed by atoms with Gasteiger partial charge in [-0.15, -0.1) is 24.0 Å². The van der Waals surface area contributed by atoms with Gasteiger partial charge in [0.05, 0.1) is 15.9 Å². The Kier molecular flexibility index (Phi) is 8.90. The Morgan fingerprint density at radius 3 is 1.55 bits per heavy atom. The minimum atomic E-state index is 0.876. The molecule has 0 saturated carbocycles. The average molecular weight is 715 g/mol. The third-order valence-electron chi connectivity index (χ3n) is 9.60. The van der Waals surface area contributed by atoms with Crippen molar-refractivity contribution in [2.45, 2.75) is 4.90 Å². The predicted octanol–water partition coefficient (Wildman–Crippen LogP) is 14.4. The van der Waals surface area contributed by atoms with Gasteiger partial charge in [-0.3, -0.25) is 0 Å². The quantitative estimate of drug-likeness (QED) is 0.158. The first-order chi connectivity index (χ1) is 26.2. The molecule has 0 fully saturated rings. The highest BCUT2D eigenvalue weighted by Gasteiger charge is 2.25. The number of nitrogens with zero attached hydrogens (tertiary/aromatic N) is 2. The minimum Gasteiger partial charge on any atom is -0.308 e. The number of hydrogen-bond donors (Lipinski definition) is 1. The first-order valence-corrected chi connectivity index (χ1v) is 19.0. The first kappa shape index (κ1) is 32.7. The molecule has 0 bridgehead atoms. The molecule has 0 saturated heterocycles. The van der Waals surface area contributed by atoms with E-state index in [1.165, 1.54) is 22.3 Å². The number of fused-ring (bicyclic) bond motifs is 1. The van der Waals surface area contributed by atoms with Crippen LogP contribution in [0.1, 0.15) is 0 Å². The van der Waals surface area contributed by atoms with Gasteiger partial charge in [-0.2, -0.15) is 0 Å². The molecule has 2 nitrogen and oxygen atoms in total. The van der Waals surface area contributed by atoms with Crippen molar-refractivity contribution in [2.75, 3.05) is 4.90 Å². The molecule has 1 heterocycles. The molecule has 252 valence electrons. The molecular formula is C49H34N2S2. The van der Waals surface area contributed by atoms with E-state index in [0.717, 1.165) is 65.0 Å². The zero-order valence-corrected chi connectivity index (χ0v) is 30.5. The van der Waals surface area contributed by atoms with E-state index in [2.05, 4.69) is 199 Å². The number of thiol groups is 1. The van der Waals surface area contributed by atoms with Crippen LogP contribution in [0.4, 0.5) is 17.1 Å². The van der Waals surface area contributed by atoms with Crippen molar-refractivity contribution in [3.05, 3.63) is 200 Å². The molecule has 4 heteroatoms. The van der Waals surface area contributed by atoms with E-state index in [9.17, 15) is 0 Å². The smallest absolute Gasteiger partial charge is 0.124 e. The molecule has 0 radical (unpaired) electrons. The minimum absolute atomic E-state index is 0.876. The van der Waals surface area contributed by atoms with E-state index in [1.54, 1.807) is 11.3 Å². The normalized spacial score (nSPS) is 11.1. The van der Waals surface area contributed by atoms with Gasteiger partial charge in [0.2, 0.25) is 0 Å². The van der Waals surface area contributed by atoms with Crippen LogP contribution < -0.4 is 4.90 Å². The van der Waals surface area contributed by atoms with E-state index in [0.29, 0.717) is 0 Å². The van der Waals surface area contributed by atoms with Crippen LogP contribution >= 0.6 is 24.0 Å². The summed E-state index contributed by atoms with van der Waals surface area (Å²) < 4.78 is 1.10. The van der Waals surface area contributed by atoms with E-state index in [4.69, 9.17) is 17.6 Å². The van der Waals surface area contributed by atoms with Crippen molar-refractivity contribution in [1.82, 2.24) is 4.98 Å². The third-order valence-corrected chi connectivity index (χ3v) is 11.1. The summed E-state index contributed by atoms with van der Waals surface area (Å²) in [7, 11) is 0. The van der Waals surface area contributed by atoms with Gasteiger partial charge in [-0.1, -0.05) is 170 Å². The number of benzene rings is 8. The highest BCUT2D eigenvalue weighted by molar-refractivity contribution is 7.80. The molecule has 0 aliphatic rings. The van der Waals surface area contributed by atoms with Crippen molar-refractivity contribution in [2.24, 2.45) is 0 Å². The zero-order chi connectivity index (χ0) is 35.6. The van der Waals surface area contributed by atoms with Crippen LogP contribution in [0.5, 0.6) is 0 Å². The van der Waals surface area contributed by atoms with Crippen molar-refractivity contribution in [3.8, 4) is 55.1 Å². The lowest BCUT2D eigenvalue weighted by Gasteiger charge is -2.29. The second-order valence-electron chi connectivity index (χ2n) is 12.9.